The molecule has 2 rings (SSSR count). The molecule has 1 aliphatic rings. The average Bonchev–Trinajstić information content (AvgIpc) is 2.30. The van der Waals surface area contributed by atoms with Gasteiger partial charge in [0.15, 0.2) is 0 Å². The van der Waals surface area contributed by atoms with Crippen molar-refractivity contribution >= 4 is 33.6 Å². The highest BCUT2D eigenvalue weighted by atomic mass is 79.9. The standard InChI is InChI=1S/C12H13BrN2O2/c1-2-8-7-9(13)3-4-10(8)15-6-5-11(16)14-12(15)17/h3-4,7H,2,5-6H2,1H3,(H,14,16,17). The first-order valence-corrected chi connectivity index (χ1v) is 6.31. The first-order valence-electron chi connectivity index (χ1n) is 5.51. The molecule has 3 amide bonds. The fourth-order valence-corrected chi connectivity index (χ4v) is 2.30. The molecule has 0 aliphatic carbocycles. The molecule has 4 nitrogen and oxygen atoms in total. The fourth-order valence-electron chi connectivity index (χ4n) is 1.89. The van der Waals surface area contributed by atoms with Crippen molar-refractivity contribution in [2.45, 2.75) is 19.8 Å². The number of nitrogens with zero attached hydrogens (tertiary/aromatic N) is 1. The Bertz CT molecular complexity index is 474. The number of hydrogen-bond acceptors (Lipinski definition) is 2. The maximum atomic E-state index is 11.7. The summed E-state index contributed by atoms with van der Waals surface area (Å²) < 4.78 is 0.992. The van der Waals surface area contributed by atoms with E-state index in [1.165, 1.54) is 0 Å². The Balaban J connectivity index is 2.33. The van der Waals surface area contributed by atoms with Crippen LogP contribution < -0.4 is 10.2 Å². The maximum Gasteiger partial charge on any atom is 0.328 e. The molecule has 0 saturated carbocycles. The number of carbonyl (C=O) groups is 2. The highest BCUT2D eigenvalue weighted by Gasteiger charge is 2.25. The molecular weight excluding hydrogens is 284 g/mol. The van der Waals surface area contributed by atoms with E-state index in [1.807, 2.05) is 25.1 Å². The second-order valence-corrected chi connectivity index (χ2v) is 4.80. The molecule has 0 spiro atoms. The molecule has 0 atom stereocenters. The zero-order chi connectivity index (χ0) is 12.4. The van der Waals surface area contributed by atoms with E-state index < -0.39 is 0 Å². The topological polar surface area (TPSA) is 49.4 Å². The lowest BCUT2D eigenvalue weighted by atomic mass is 10.1. The summed E-state index contributed by atoms with van der Waals surface area (Å²) in [5, 5.41) is 2.33. The lowest BCUT2D eigenvalue weighted by Gasteiger charge is -2.28. The third kappa shape index (κ3) is 2.49. The number of halogens is 1. The number of benzene rings is 1. The Hall–Kier alpha value is -1.36. The lowest BCUT2D eigenvalue weighted by Crippen LogP contribution is -2.49. The minimum absolute atomic E-state index is 0.207. The molecule has 1 aromatic carbocycles. The summed E-state index contributed by atoms with van der Waals surface area (Å²) in [5.74, 6) is -0.207. The predicted molar refractivity (Wildman–Crippen MR) is 69.0 cm³/mol. The number of rotatable bonds is 2. The fraction of sp³-hybridized carbons (Fsp3) is 0.333. The number of nitrogens with one attached hydrogen (secondary N) is 1. The van der Waals surface area contributed by atoms with Crippen LogP contribution in [0, 0.1) is 0 Å². The molecule has 1 fully saturated rings. The number of anilines is 1. The highest BCUT2D eigenvalue weighted by molar-refractivity contribution is 9.10. The number of urea groups is 1. The summed E-state index contributed by atoms with van der Waals surface area (Å²) in [6, 6.07) is 5.47. The van der Waals surface area contributed by atoms with Crippen molar-refractivity contribution < 1.29 is 9.59 Å². The SMILES string of the molecule is CCc1cc(Br)ccc1N1CCC(=O)NC1=O. The Labute approximate surface area is 108 Å². The molecule has 90 valence electrons. The van der Waals surface area contributed by atoms with Gasteiger partial charge in [-0.1, -0.05) is 22.9 Å². The average molecular weight is 297 g/mol. The number of aryl methyl sites for hydroxylation is 1. The van der Waals surface area contributed by atoms with Crippen LogP contribution in [-0.2, 0) is 11.2 Å². The van der Waals surface area contributed by atoms with E-state index in [0.717, 1.165) is 22.1 Å². The third-order valence-electron chi connectivity index (χ3n) is 2.77. The second kappa shape index (κ2) is 4.87. The van der Waals surface area contributed by atoms with E-state index in [2.05, 4.69) is 21.2 Å². The number of hydrogen-bond donors (Lipinski definition) is 1. The molecule has 0 unspecified atom stereocenters. The summed E-state index contributed by atoms with van der Waals surface area (Å²) in [6.45, 7) is 2.48. The van der Waals surface area contributed by atoms with Gasteiger partial charge in [0.2, 0.25) is 5.91 Å². The number of amides is 3. The summed E-state index contributed by atoms with van der Waals surface area (Å²) in [6.07, 6.45) is 1.19. The van der Waals surface area contributed by atoms with Gasteiger partial charge < -0.3 is 0 Å². The summed E-state index contributed by atoms with van der Waals surface area (Å²) in [4.78, 5) is 24.5. The monoisotopic (exact) mass is 296 g/mol. The Morgan fingerprint density at radius 2 is 2.18 bits per heavy atom. The molecule has 1 aromatic rings. The predicted octanol–water partition coefficient (Wildman–Crippen LogP) is 2.46. The molecule has 17 heavy (non-hydrogen) atoms. The molecule has 1 heterocycles. The van der Waals surface area contributed by atoms with Crippen LogP contribution in [0.5, 0.6) is 0 Å². The largest absolute Gasteiger partial charge is 0.328 e. The van der Waals surface area contributed by atoms with Crippen LogP contribution in [0.2, 0.25) is 0 Å². The van der Waals surface area contributed by atoms with Crippen molar-refractivity contribution in [1.29, 1.82) is 0 Å². The summed E-state index contributed by atoms with van der Waals surface area (Å²) in [5.41, 5.74) is 1.96. The zero-order valence-corrected chi connectivity index (χ0v) is 11.1. The third-order valence-corrected chi connectivity index (χ3v) is 3.26. The van der Waals surface area contributed by atoms with Gasteiger partial charge in [-0.3, -0.25) is 15.0 Å². The minimum Gasteiger partial charge on any atom is -0.293 e. The van der Waals surface area contributed by atoms with Crippen LogP contribution >= 0.6 is 15.9 Å². The molecule has 1 aliphatic heterocycles. The van der Waals surface area contributed by atoms with Gasteiger partial charge in [-0.2, -0.15) is 0 Å². The van der Waals surface area contributed by atoms with Crippen LogP contribution in [-0.4, -0.2) is 18.5 Å². The van der Waals surface area contributed by atoms with Gasteiger partial charge >= 0.3 is 6.03 Å². The molecule has 1 saturated heterocycles. The summed E-state index contributed by atoms with van der Waals surface area (Å²) in [7, 11) is 0. The van der Waals surface area contributed by atoms with E-state index in [0.29, 0.717) is 13.0 Å². The van der Waals surface area contributed by atoms with E-state index in [-0.39, 0.29) is 11.9 Å². The van der Waals surface area contributed by atoms with Gasteiger partial charge in [0.05, 0.1) is 0 Å². The molecular formula is C12H13BrN2O2. The second-order valence-electron chi connectivity index (χ2n) is 3.88. The quantitative estimate of drug-likeness (QED) is 0.911. The normalized spacial score (nSPS) is 16.0. The Morgan fingerprint density at radius 1 is 1.41 bits per heavy atom. The Kier molecular flexibility index (Phi) is 3.47. The van der Waals surface area contributed by atoms with E-state index in [4.69, 9.17) is 0 Å². The van der Waals surface area contributed by atoms with Gasteiger partial charge in [0.25, 0.3) is 0 Å². The van der Waals surface area contributed by atoms with Gasteiger partial charge in [0, 0.05) is 23.1 Å². The molecule has 5 heteroatoms. The van der Waals surface area contributed by atoms with Crippen molar-refractivity contribution in [3.63, 3.8) is 0 Å². The zero-order valence-electron chi connectivity index (χ0n) is 9.50. The smallest absolute Gasteiger partial charge is 0.293 e. The molecule has 0 aromatic heterocycles. The van der Waals surface area contributed by atoms with Crippen LogP contribution in [0.15, 0.2) is 22.7 Å². The maximum absolute atomic E-state index is 11.7. The van der Waals surface area contributed by atoms with E-state index in [9.17, 15) is 9.59 Å². The van der Waals surface area contributed by atoms with Crippen molar-refractivity contribution in [2.24, 2.45) is 0 Å². The molecule has 1 N–H and O–H groups in total. The molecule has 0 bridgehead atoms. The van der Waals surface area contributed by atoms with Gasteiger partial charge in [-0.15, -0.1) is 0 Å². The first-order chi connectivity index (χ1) is 8.11. The minimum atomic E-state index is -0.335. The van der Waals surface area contributed by atoms with E-state index in [1.54, 1.807) is 4.90 Å². The van der Waals surface area contributed by atoms with Crippen molar-refractivity contribution in [2.75, 3.05) is 11.4 Å². The van der Waals surface area contributed by atoms with Gasteiger partial charge in [-0.25, -0.2) is 4.79 Å². The molecule has 0 radical (unpaired) electrons. The van der Waals surface area contributed by atoms with Gasteiger partial charge in [-0.05, 0) is 30.2 Å². The Morgan fingerprint density at radius 3 is 2.82 bits per heavy atom. The first kappa shape index (κ1) is 12.1. The summed E-state index contributed by atoms with van der Waals surface area (Å²) >= 11 is 3.41. The van der Waals surface area contributed by atoms with Crippen LogP contribution in [0.1, 0.15) is 18.9 Å². The highest BCUT2D eigenvalue weighted by Crippen LogP contribution is 2.26. The number of carbonyl (C=O) groups excluding carboxylic acids is 2. The lowest BCUT2D eigenvalue weighted by molar-refractivity contribution is -0.120. The van der Waals surface area contributed by atoms with Crippen molar-refractivity contribution in [3.8, 4) is 0 Å². The van der Waals surface area contributed by atoms with Crippen molar-refractivity contribution in [3.05, 3.63) is 28.2 Å². The van der Waals surface area contributed by atoms with Crippen molar-refractivity contribution in [1.82, 2.24) is 5.32 Å². The van der Waals surface area contributed by atoms with Crippen LogP contribution in [0.3, 0.4) is 0 Å². The van der Waals surface area contributed by atoms with Gasteiger partial charge in [0.1, 0.15) is 0 Å². The number of imide groups is 1. The van der Waals surface area contributed by atoms with Crippen LogP contribution in [0.4, 0.5) is 10.5 Å². The van der Waals surface area contributed by atoms with Crippen LogP contribution in [0.25, 0.3) is 0 Å². The van der Waals surface area contributed by atoms with E-state index >= 15 is 0 Å².